The van der Waals surface area contributed by atoms with Gasteiger partial charge < -0.3 is 5.32 Å². The lowest BCUT2D eigenvalue weighted by atomic mass is 10.1. The average molecular weight is 392 g/mol. The average Bonchev–Trinajstić information content (AvgIpc) is 3.39. The number of para-hydroxylation sites is 2. The maximum atomic E-state index is 13.4. The number of aromatic nitrogens is 2. The first-order valence-electron chi connectivity index (χ1n) is 9.97. The Labute approximate surface area is 167 Å². The van der Waals surface area contributed by atoms with Crippen LogP contribution in [0.1, 0.15) is 38.1 Å². The Morgan fingerprint density at radius 2 is 1.93 bits per heavy atom. The van der Waals surface area contributed by atoms with Gasteiger partial charge in [-0.05, 0) is 43.2 Å². The van der Waals surface area contributed by atoms with Crippen molar-refractivity contribution >= 4 is 34.5 Å². The number of carbonyl (C=O) groups excluding carboxylic acids is 2. The predicted molar refractivity (Wildman–Crippen MR) is 108 cm³/mol. The number of hydrogen-bond acceptors (Lipinski definition) is 3. The first-order chi connectivity index (χ1) is 14.1. The van der Waals surface area contributed by atoms with Gasteiger partial charge >= 0.3 is 0 Å². The number of halogens is 1. The van der Waals surface area contributed by atoms with Crippen LogP contribution >= 0.6 is 0 Å². The lowest BCUT2D eigenvalue weighted by Gasteiger charge is -2.22. The van der Waals surface area contributed by atoms with Crippen LogP contribution in [0.4, 0.5) is 16.0 Å². The topological polar surface area (TPSA) is 67.2 Å². The summed E-state index contributed by atoms with van der Waals surface area (Å²) >= 11 is 0. The van der Waals surface area contributed by atoms with Crippen molar-refractivity contribution in [3.63, 3.8) is 0 Å². The molecule has 0 radical (unpaired) electrons. The van der Waals surface area contributed by atoms with Crippen molar-refractivity contribution in [2.24, 2.45) is 0 Å². The lowest BCUT2D eigenvalue weighted by Crippen LogP contribution is -2.38. The van der Waals surface area contributed by atoms with Gasteiger partial charge in [-0.1, -0.05) is 31.0 Å². The SMILES string of the molecule is O=C(C[C@@H]1C(=O)N(C2CCCC2)c2nc3ccccc3n21)Nc1cccc(F)c1. The van der Waals surface area contributed by atoms with Crippen LogP contribution in [0.25, 0.3) is 11.0 Å². The van der Waals surface area contributed by atoms with Gasteiger partial charge in [-0.15, -0.1) is 0 Å². The molecule has 2 amide bonds. The summed E-state index contributed by atoms with van der Waals surface area (Å²) in [6.45, 7) is 0. The molecule has 5 rings (SSSR count). The first kappa shape index (κ1) is 17.8. The predicted octanol–water partition coefficient (Wildman–Crippen LogP) is 4.03. The fourth-order valence-corrected chi connectivity index (χ4v) is 4.52. The van der Waals surface area contributed by atoms with Gasteiger partial charge in [0.2, 0.25) is 11.9 Å². The van der Waals surface area contributed by atoms with Crippen molar-refractivity contribution in [2.75, 3.05) is 10.2 Å². The summed E-state index contributed by atoms with van der Waals surface area (Å²) in [5.41, 5.74) is 2.04. The highest BCUT2D eigenvalue weighted by atomic mass is 19.1. The monoisotopic (exact) mass is 392 g/mol. The smallest absolute Gasteiger partial charge is 0.253 e. The van der Waals surface area contributed by atoms with Gasteiger partial charge in [0.25, 0.3) is 5.91 Å². The van der Waals surface area contributed by atoms with Crippen molar-refractivity contribution in [1.82, 2.24) is 9.55 Å². The number of nitrogens with zero attached hydrogens (tertiary/aromatic N) is 3. The van der Waals surface area contributed by atoms with Gasteiger partial charge in [0.15, 0.2) is 0 Å². The zero-order valence-electron chi connectivity index (χ0n) is 15.8. The van der Waals surface area contributed by atoms with E-state index in [0.29, 0.717) is 11.6 Å². The molecule has 2 aliphatic rings. The third-order valence-electron chi connectivity index (χ3n) is 5.80. The van der Waals surface area contributed by atoms with E-state index in [0.717, 1.165) is 36.7 Å². The fourth-order valence-electron chi connectivity index (χ4n) is 4.52. The number of rotatable bonds is 4. The molecule has 2 heterocycles. The van der Waals surface area contributed by atoms with E-state index in [2.05, 4.69) is 5.32 Å². The number of imidazole rings is 1. The van der Waals surface area contributed by atoms with Crippen molar-refractivity contribution < 1.29 is 14.0 Å². The molecule has 2 aromatic carbocycles. The standard InChI is InChI=1S/C22H21FN4O2/c23-14-6-5-7-15(12-14)24-20(28)13-19-21(29)26(16-8-1-2-9-16)22-25-17-10-3-4-11-18(17)27(19)22/h3-7,10-12,16,19H,1-2,8-9,13H2,(H,24,28)/t19-/m1/s1. The Morgan fingerprint density at radius 1 is 1.14 bits per heavy atom. The third-order valence-corrected chi connectivity index (χ3v) is 5.80. The summed E-state index contributed by atoms with van der Waals surface area (Å²) in [7, 11) is 0. The molecular formula is C22H21FN4O2. The molecule has 7 heteroatoms. The van der Waals surface area contributed by atoms with Crippen LogP contribution in [-0.2, 0) is 9.59 Å². The highest BCUT2D eigenvalue weighted by molar-refractivity contribution is 6.05. The molecule has 29 heavy (non-hydrogen) atoms. The van der Waals surface area contributed by atoms with E-state index >= 15 is 0 Å². The second-order valence-electron chi connectivity index (χ2n) is 7.70. The van der Waals surface area contributed by atoms with Crippen LogP contribution < -0.4 is 10.2 Å². The molecule has 6 nitrogen and oxygen atoms in total. The quantitative estimate of drug-likeness (QED) is 0.729. The molecule has 1 saturated carbocycles. The Hall–Kier alpha value is -3.22. The van der Waals surface area contributed by atoms with Crippen LogP contribution in [0.3, 0.4) is 0 Å². The maximum absolute atomic E-state index is 13.4. The minimum absolute atomic E-state index is 0.0219. The van der Waals surface area contributed by atoms with E-state index < -0.39 is 11.9 Å². The van der Waals surface area contributed by atoms with E-state index in [1.165, 1.54) is 18.2 Å². The lowest BCUT2D eigenvalue weighted by molar-refractivity contribution is -0.125. The molecule has 1 aromatic heterocycles. The molecular weight excluding hydrogens is 371 g/mol. The summed E-state index contributed by atoms with van der Waals surface area (Å²) in [6.07, 6.45) is 4.08. The largest absolute Gasteiger partial charge is 0.326 e. The zero-order chi connectivity index (χ0) is 20.0. The normalized spacial score (nSPS) is 19.1. The molecule has 1 fully saturated rings. The maximum Gasteiger partial charge on any atom is 0.253 e. The van der Waals surface area contributed by atoms with E-state index in [-0.39, 0.29) is 24.3 Å². The number of nitrogens with one attached hydrogen (secondary N) is 1. The van der Waals surface area contributed by atoms with E-state index in [1.807, 2.05) is 28.8 Å². The molecule has 3 aromatic rings. The van der Waals surface area contributed by atoms with E-state index in [1.54, 1.807) is 11.0 Å². The molecule has 1 atom stereocenters. The highest BCUT2D eigenvalue weighted by Gasteiger charge is 2.44. The number of carbonyl (C=O) groups is 2. The molecule has 0 bridgehead atoms. The third kappa shape index (κ3) is 3.06. The summed E-state index contributed by atoms with van der Waals surface area (Å²) in [5, 5.41) is 2.70. The molecule has 1 aliphatic carbocycles. The van der Waals surface area contributed by atoms with E-state index in [9.17, 15) is 14.0 Å². The van der Waals surface area contributed by atoms with Crippen molar-refractivity contribution in [1.29, 1.82) is 0 Å². The first-order valence-corrected chi connectivity index (χ1v) is 9.97. The van der Waals surface area contributed by atoms with Crippen molar-refractivity contribution in [3.05, 3.63) is 54.3 Å². The van der Waals surface area contributed by atoms with Crippen LogP contribution in [0.5, 0.6) is 0 Å². The van der Waals surface area contributed by atoms with Crippen LogP contribution in [0, 0.1) is 5.82 Å². The Balaban J connectivity index is 1.48. The summed E-state index contributed by atoms with van der Waals surface area (Å²) in [6, 6.07) is 12.9. The van der Waals surface area contributed by atoms with Gasteiger partial charge in [-0.2, -0.15) is 0 Å². The Bertz CT molecular complexity index is 1100. The summed E-state index contributed by atoms with van der Waals surface area (Å²) in [5.74, 6) is -0.202. The van der Waals surface area contributed by atoms with Crippen LogP contribution in [-0.4, -0.2) is 27.4 Å². The molecule has 148 valence electrons. The van der Waals surface area contributed by atoms with Gasteiger partial charge in [0, 0.05) is 11.7 Å². The van der Waals surface area contributed by atoms with Crippen molar-refractivity contribution in [2.45, 2.75) is 44.2 Å². The van der Waals surface area contributed by atoms with E-state index in [4.69, 9.17) is 4.98 Å². The number of hydrogen-bond donors (Lipinski definition) is 1. The Kier molecular flexibility index (Phi) is 4.30. The van der Waals surface area contributed by atoms with Gasteiger partial charge in [0.05, 0.1) is 17.5 Å². The number of amides is 2. The minimum Gasteiger partial charge on any atom is -0.326 e. The number of benzene rings is 2. The summed E-state index contributed by atoms with van der Waals surface area (Å²) in [4.78, 5) is 32.5. The molecule has 0 spiro atoms. The number of anilines is 2. The molecule has 1 N–H and O–H groups in total. The van der Waals surface area contributed by atoms with Gasteiger partial charge in [-0.25, -0.2) is 9.37 Å². The molecule has 0 unspecified atom stereocenters. The Morgan fingerprint density at radius 3 is 2.72 bits per heavy atom. The summed E-state index contributed by atoms with van der Waals surface area (Å²) < 4.78 is 15.3. The zero-order valence-corrected chi connectivity index (χ0v) is 15.8. The van der Waals surface area contributed by atoms with Crippen molar-refractivity contribution in [3.8, 4) is 0 Å². The highest BCUT2D eigenvalue weighted by Crippen LogP contribution is 2.40. The fraction of sp³-hybridized carbons (Fsp3) is 0.318. The van der Waals surface area contributed by atoms with Crippen LogP contribution in [0.2, 0.25) is 0 Å². The molecule has 0 saturated heterocycles. The number of fused-ring (bicyclic) bond motifs is 3. The van der Waals surface area contributed by atoms with Crippen LogP contribution in [0.15, 0.2) is 48.5 Å². The second kappa shape index (κ2) is 6.99. The molecule has 1 aliphatic heterocycles. The second-order valence-corrected chi connectivity index (χ2v) is 7.70. The van der Waals surface area contributed by atoms with Gasteiger partial charge in [0.1, 0.15) is 11.9 Å². The minimum atomic E-state index is -0.647. The van der Waals surface area contributed by atoms with Gasteiger partial charge in [-0.3, -0.25) is 19.1 Å².